The molecular formula is C14H22N4O. The van der Waals surface area contributed by atoms with Crippen LogP contribution in [0.2, 0.25) is 0 Å². The highest BCUT2D eigenvalue weighted by Gasteiger charge is 2.22. The van der Waals surface area contributed by atoms with Crippen molar-refractivity contribution in [3.05, 3.63) is 35.7 Å². The van der Waals surface area contributed by atoms with Gasteiger partial charge in [-0.1, -0.05) is 25.9 Å². The fourth-order valence-corrected chi connectivity index (χ4v) is 1.74. The van der Waals surface area contributed by atoms with Crippen molar-refractivity contribution in [3.8, 4) is 0 Å². The SMILES string of the molecule is CC(NCc1cccn1C)c1nc(C(C)(C)C)no1. The van der Waals surface area contributed by atoms with Crippen molar-refractivity contribution in [2.75, 3.05) is 0 Å². The van der Waals surface area contributed by atoms with Crippen LogP contribution < -0.4 is 5.32 Å². The van der Waals surface area contributed by atoms with E-state index in [2.05, 4.69) is 46.9 Å². The Labute approximate surface area is 114 Å². The van der Waals surface area contributed by atoms with Crippen LogP contribution in [-0.2, 0) is 19.0 Å². The molecule has 1 unspecified atom stereocenters. The highest BCUT2D eigenvalue weighted by molar-refractivity contribution is 5.07. The Morgan fingerprint density at radius 1 is 1.42 bits per heavy atom. The Balaban J connectivity index is 1.98. The maximum Gasteiger partial charge on any atom is 0.243 e. The molecule has 0 fully saturated rings. The summed E-state index contributed by atoms with van der Waals surface area (Å²) in [4.78, 5) is 4.46. The van der Waals surface area contributed by atoms with Gasteiger partial charge >= 0.3 is 0 Å². The van der Waals surface area contributed by atoms with E-state index in [4.69, 9.17) is 4.52 Å². The summed E-state index contributed by atoms with van der Waals surface area (Å²) < 4.78 is 7.41. The number of aromatic nitrogens is 3. The van der Waals surface area contributed by atoms with E-state index >= 15 is 0 Å². The first-order valence-electron chi connectivity index (χ1n) is 6.55. The van der Waals surface area contributed by atoms with E-state index in [-0.39, 0.29) is 11.5 Å². The third-order valence-electron chi connectivity index (χ3n) is 3.12. The lowest BCUT2D eigenvalue weighted by molar-refractivity contribution is 0.329. The first-order valence-corrected chi connectivity index (χ1v) is 6.55. The van der Waals surface area contributed by atoms with E-state index in [9.17, 15) is 0 Å². The monoisotopic (exact) mass is 262 g/mol. The molecule has 0 saturated carbocycles. The number of rotatable bonds is 4. The Bertz CT molecular complexity index is 536. The molecule has 1 N–H and O–H groups in total. The van der Waals surface area contributed by atoms with Crippen molar-refractivity contribution in [2.45, 2.75) is 45.7 Å². The summed E-state index contributed by atoms with van der Waals surface area (Å²) in [6.45, 7) is 9.03. The van der Waals surface area contributed by atoms with Gasteiger partial charge in [-0.15, -0.1) is 0 Å². The van der Waals surface area contributed by atoms with Crippen LogP contribution >= 0.6 is 0 Å². The van der Waals surface area contributed by atoms with Gasteiger partial charge in [-0.3, -0.25) is 0 Å². The van der Waals surface area contributed by atoms with Gasteiger partial charge < -0.3 is 14.4 Å². The fraction of sp³-hybridized carbons (Fsp3) is 0.571. The first kappa shape index (κ1) is 13.8. The fourth-order valence-electron chi connectivity index (χ4n) is 1.74. The molecule has 2 heterocycles. The molecule has 0 spiro atoms. The number of hydrogen-bond acceptors (Lipinski definition) is 4. The van der Waals surface area contributed by atoms with Crippen LogP contribution in [0.4, 0.5) is 0 Å². The van der Waals surface area contributed by atoms with Crippen LogP contribution in [0.3, 0.4) is 0 Å². The highest BCUT2D eigenvalue weighted by atomic mass is 16.5. The van der Waals surface area contributed by atoms with Gasteiger partial charge in [-0.2, -0.15) is 4.98 Å². The van der Waals surface area contributed by atoms with Crippen LogP contribution in [-0.4, -0.2) is 14.7 Å². The van der Waals surface area contributed by atoms with Crippen LogP contribution in [0.1, 0.15) is 51.1 Å². The molecular weight excluding hydrogens is 240 g/mol. The molecule has 0 amide bonds. The second-order valence-corrected chi connectivity index (χ2v) is 5.92. The van der Waals surface area contributed by atoms with Crippen molar-refractivity contribution in [1.29, 1.82) is 0 Å². The smallest absolute Gasteiger partial charge is 0.243 e. The van der Waals surface area contributed by atoms with Gasteiger partial charge in [0.25, 0.3) is 0 Å². The summed E-state index contributed by atoms with van der Waals surface area (Å²) in [5.41, 5.74) is 1.14. The van der Waals surface area contributed by atoms with Gasteiger partial charge in [0.05, 0.1) is 6.04 Å². The highest BCUT2D eigenvalue weighted by Crippen LogP contribution is 2.20. The largest absolute Gasteiger partial charge is 0.353 e. The van der Waals surface area contributed by atoms with E-state index < -0.39 is 0 Å². The van der Waals surface area contributed by atoms with Gasteiger partial charge in [-0.25, -0.2) is 0 Å². The first-order chi connectivity index (χ1) is 8.88. The van der Waals surface area contributed by atoms with Crippen molar-refractivity contribution < 1.29 is 4.52 Å². The summed E-state index contributed by atoms with van der Waals surface area (Å²) in [6.07, 6.45) is 2.03. The zero-order valence-corrected chi connectivity index (χ0v) is 12.3. The van der Waals surface area contributed by atoms with Crippen molar-refractivity contribution in [1.82, 2.24) is 20.0 Å². The molecule has 0 aliphatic heterocycles. The second kappa shape index (κ2) is 5.17. The molecule has 104 valence electrons. The average Bonchev–Trinajstić information content (AvgIpc) is 2.93. The lowest BCUT2D eigenvalue weighted by Crippen LogP contribution is -2.20. The second-order valence-electron chi connectivity index (χ2n) is 5.92. The average molecular weight is 262 g/mol. The quantitative estimate of drug-likeness (QED) is 0.920. The minimum absolute atomic E-state index is 0.0403. The molecule has 0 aliphatic carbocycles. The van der Waals surface area contributed by atoms with Crippen LogP contribution in [0, 0.1) is 0 Å². The van der Waals surface area contributed by atoms with E-state index in [0.29, 0.717) is 5.89 Å². The number of nitrogens with one attached hydrogen (secondary N) is 1. The lowest BCUT2D eigenvalue weighted by Gasteiger charge is -2.12. The Hall–Kier alpha value is -1.62. The lowest BCUT2D eigenvalue weighted by atomic mass is 9.96. The third kappa shape index (κ3) is 3.23. The topological polar surface area (TPSA) is 55.9 Å². The molecule has 1 atom stereocenters. The number of aryl methyl sites for hydroxylation is 1. The van der Waals surface area contributed by atoms with E-state index in [1.54, 1.807) is 0 Å². The Morgan fingerprint density at radius 2 is 2.16 bits per heavy atom. The predicted molar refractivity (Wildman–Crippen MR) is 73.7 cm³/mol. The van der Waals surface area contributed by atoms with E-state index in [1.807, 2.05) is 26.2 Å². The molecule has 0 saturated heterocycles. The number of nitrogens with zero attached hydrogens (tertiary/aromatic N) is 3. The van der Waals surface area contributed by atoms with Crippen LogP contribution in [0.15, 0.2) is 22.9 Å². The van der Waals surface area contributed by atoms with Crippen molar-refractivity contribution in [3.63, 3.8) is 0 Å². The van der Waals surface area contributed by atoms with Crippen molar-refractivity contribution >= 4 is 0 Å². The Kier molecular flexibility index (Phi) is 3.75. The molecule has 19 heavy (non-hydrogen) atoms. The number of hydrogen-bond donors (Lipinski definition) is 1. The molecule has 2 rings (SSSR count). The van der Waals surface area contributed by atoms with Crippen molar-refractivity contribution in [2.24, 2.45) is 7.05 Å². The van der Waals surface area contributed by atoms with E-state index in [1.165, 1.54) is 5.69 Å². The molecule has 0 bridgehead atoms. The molecule has 5 heteroatoms. The summed E-state index contributed by atoms with van der Waals surface area (Å²) in [5.74, 6) is 1.38. The summed E-state index contributed by atoms with van der Waals surface area (Å²) in [6, 6.07) is 4.17. The maximum absolute atomic E-state index is 5.32. The van der Waals surface area contributed by atoms with Gasteiger partial charge in [0, 0.05) is 30.9 Å². The third-order valence-corrected chi connectivity index (χ3v) is 3.12. The van der Waals surface area contributed by atoms with Gasteiger partial charge in [-0.05, 0) is 19.1 Å². The molecule has 5 nitrogen and oxygen atoms in total. The maximum atomic E-state index is 5.32. The van der Waals surface area contributed by atoms with E-state index in [0.717, 1.165) is 12.4 Å². The minimum Gasteiger partial charge on any atom is -0.353 e. The zero-order valence-electron chi connectivity index (χ0n) is 12.3. The zero-order chi connectivity index (χ0) is 14.0. The minimum atomic E-state index is -0.0837. The predicted octanol–water partition coefficient (Wildman–Crippen LogP) is 2.56. The summed E-state index contributed by atoms with van der Waals surface area (Å²) >= 11 is 0. The van der Waals surface area contributed by atoms with Gasteiger partial charge in [0.1, 0.15) is 0 Å². The summed E-state index contributed by atoms with van der Waals surface area (Å²) in [5, 5.41) is 7.43. The molecule has 2 aromatic rings. The molecule has 2 aromatic heterocycles. The normalized spacial score (nSPS) is 13.7. The molecule has 0 aromatic carbocycles. The van der Waals surface area contributed by atoms with Gasteiger partial charge in [0.2, 0.25) is 5.89 Å². The molecule has 0 radical (unpaired) electrons. The summed E-state index contributed by atoms with van der Waals surface area (Å²) in [7, 11) is 2.03. The van der Waals surface area contributed by atoms with Gasteiger partial charge in [0.15, 0.2) is 5.82 Å². The van der Waals surface area contributed by atoms with Crippen LogP contribution in [0.5, 0.6) is 0 Å². The standard InChI is InChI=1S/C14H22N4O/c1-10(15-9-11-7-6-8-18(11)5)12-16-13(17-19-12)14(2,3)4/h6-8,10,15H,9H2,1-5H3. The Morgan fingerprint density at radius 3 is 2.68 bits per heavy atom. The van der Waals surface area contributed by atoms with Crippen LogP contribution in [0.25, 0.3) is 0 Å². The molecule has 0 aliphatic rings.